The second-order valence-electron chi connectivity index (χ2n) is 18.2. The number of hydrogen-bond acceptors (Lipinski definition) is 13. The molecular weight excluding hydrogens is 988 g/mol. The Bertz CT molecular complexity index is 2940. The molecule has 1 saturated heterocycles. The number of benzene rings is 5. The summed E-state index contributed by atoms with van der Waals surface area (Å²) in [5.74, 6) is -1.53. The van der Waals surface area contributed by atoms with Gasteiger partial charge in [0.05, 0.1) is 19.8 Å². The fourth-order valence-corrected chi connectivity index (χ4v) is 9.74. The molecule has 0 radical (unpaired) electrons. The molecule has 1 N–H and O–H groups in total. The zero-order valence-electron chi connectivity index (χ0n) is 40.3. The van der Waals surface area contributed by atoms with Crippen molar-refractivity contribution in [3.05, 3.63) is 179 Å². The van der Waals surface area contributed by atoms with Crippen LogP contribution in [-0.2, 0) is 40.6 Å². The molecule has 21 heteroatoms. The van der Waals surface area contributed by atoms with Gasteiger partial charge in [0.1, 0.15) is 41.3 Å². The predicted octanol–water partition coefficient (Wildman–Crippen LogP) is 10.1. The first kappa shape index (κ1) is 52.3. The summed E-state index contributed by atoms with van der Waals surface area (Å²) >= 11 is 5.96. The highest BCUT2D eigenvalue weighted by atomic mass is 35.5. The van der Waals surface area contributed by atoms with Gasteiger partial charge in [0.15, 0.2) is 11.6 Å². The van der Waals surface area contributed by atoms with E-state index in [1.807, 2.05) is 54.3 Å². The summed E-state index contributed by atoms with van der Waals surface area (Å²) < 4.78 is 51.0. The van der Waals surface area contributed by atoms with Crippen molar-refractivity contribution in [2.75, 3.05) is 20.3 Å². The molecular formula is C53H52ClF2N5O13. The third-order valence-corrected chi connectivity index (χ3v) is 13.4. The summed E-state index contributed by atoms with van der Waals surface area (Å²) in [6.45, 7) is 1.64. The number of nitrogens with one attached hydrogen (secondary N) is 1. The van der Waals surface area contributed by atoms with Gasteiger partial charge in [-0.3, -0.25) is 9.69 Å². The predicted molar refractivity (Wildman–Crippen MR) is 263 cm³/mol. The molecule has 18 nitrogen and oxygen atoms in total. The maximum absolute atomic E-state index is 15.7. The second kappa shape index (κ2) is 23.7. The zero-order chi connectivity index (χ0) is 52.5. The van der Waals surface area contributed by atoms with E-state index >= 15 is 4.79 Å². The number of methoxy groups -OCH3 is 1. The van der Waals surface area contributed by atoms with E-state index < -0.39 is 51.1 Å². The highest BCUT2D eigenvalue weighted by Crippen LogP contribution is 2.46. The Balaban J connectivity index is 1.10. The minimum absolute atomic E-state index is 0.0605. The Hall–Kier alpha value is -8.00. The molecule has 2 aliphatic heterocycles. The molecule has 2 heterocycles. The van der Waals surface area contributed by atoms with Gasteiger partial charge in [-0.2, -0.15) is 0 Å². The standard InChI is InChI=1S/C53H52ClF2N5O13/c1-32-22-34(13-20-47(32)69-2)29-58(39-16-17-39)51(62)48-43(38-14-11-33(12-15-38)8-5-21-70-50-45(56)19-18-44(55)49(50)54)27-40-23-37(28-57-52(63)73-41-9-3-6-35(24-41)30-71-60(65)66)26-46(48)59(40)53(64)74-42-10-4-7-36(25-42)31-72-61(67)68/h3-4,6-7,9-15,18-20,22,24-25,37,39-40,46H,5,8,16-17,21,23,26-31H2,1-2H3,(H,57,63). The molecule has 1 aliphatic carbocycles. The van der Waals surface area contributed by atoms with E-state index in [2.05, 4.69) is 15.0 Å². The molecule has 3 atom stereocenters. The van der Waals surface area contributed by atoms with Crippen molar-refractivity contribution < 1.29 is 62.0 Å². The van der Waals surface area contributed by atoms with Gasteiger partial charge in [-0.25, -0.2) is 18.4 Å². The van der Waals surface area contributed by atoms with Crippen molar-refractivity contribution in [1.29, 1.82) is 0 Å². The Labute approximate surface area is 428 Å². The van der Waals surface area contributed by atoms with Crippen molar-refractivity contribution in [1.82, 2.24) is 15.1 Å². The monoisotopic (exact) mass is 1040 g/mol. The zero-order valence-corrected chi connectivity index (χ0v) is 41.1. The van der Waals surface area contributed by atoms with Crippen molar-refractivity contribution in [2.45, 2.75) is 89.8 Å². The number of amides is 3. The molecule has 388 valence electrons. The summed E-state index contributed by atoms with van der Waals surface area (Å²) in [5.41, 5.74) is 5.36. The summed E-state index contributed by atoms with van der Waals surface area (Å²) in [7, 11) is 1.59. The number of halogens is 3. The third-order valence-electron chi connectivity index (χ3n) is 13.1. The van der Waals surface area contributed by atoms with Crippen LogP contribution in [0.15, 0.2) is 109 Å². The lowest BCUT2D eigenvalue weighted by Gasteiger charge is -2.49. The van der Waals surface area contributed by atoms with Gasteiger partial charge < -0.3 is 38.8 Å². The van der Waals surface area contributed by atoms with E-state index in [9.17, 15) is 38.6 Å². The lowest BCUT2D eigenvalue weighted by Crippen LogP contribution is -2.59. The van der Waals surface area contributed by atoms with Crippen LogP contribution in [0.4, 0.5) is 18.4 Å². The average Bonchev–Trinajstić information content (AvgIpc) is 4.23. The smallest absolute Gasteiger partial charge is 0.416 e. The molecule has 3 aliphatic rings. The highest BCUT2D eigenvalue weighted by molar-refractivity contribution is 6.32. The van der Waals surface area contributed by atoms with E-state index in [1.165, 1.54) is 24.3 Å². The van der Waals surface area contributed by atoms with Gasteiger partial charge in [-0.15, -0.1) is 20.2 Å². The van der Waals surface area contributed by atoms with Crippen molar-refractivity contribution in [2.24, 2.45) is 5.92 Å². The second-order valence-corrected chi connectivity index (χ2v) is 18.6. The van der Waals surface area contributed by atoms with Crippen LogP contribution in [0.2, 0.25) is 5.02 Å². The number of ether oxygens (including phenoxy) is 4. The van der Waals surface area contributed by atoms with Crippen molar-refractivity contribution >= 4 is 35.3 Å². The van der Waals surface area contributed by atoms with Gasteiger partial charge >= 0.3 is 12.2 Å². The number of hydrogen-bond donors (Lipinski definition) is 1. The molecule has 1 saturated carbocycles. The number of carbonyl (C=O) groups excluding carboxylic acids is 3. The van der Waals surface area contributed by atoms with E-state index in [4.69, 9.17) is 30.5 Å². The lowest BCUT2D eigenvalue weighted by atomic mass is 9.73. The minimum Gasteiger partial charge on any atom is -0.496 e. The Morgan fingerprint density at radius 1 is 0.811 bits per heavy atom. The quantitative estimate of drug-likeness (QED) is 0.0314. The molecule has 5 aromatic carbocycles. The fraction of sp³-hybridized carbons (Fsp3) is 0.340. The molecule has 74 heavy (non-hydrogen) atoms. The van der Waals surface area contributed by atoms with Crippen LogP contribution in [0, 0.1) is 44.7 Å². The lowest BCUT2D eigenvalue weighted by molar-refractivity contribution is -0.763. The number of piperidine rings is 1. The van der Waals surface area contributed by atoms with Crippen LogP contribution in [0.25, 0.3) is 5.57 Å². The van der Waals surface area contributed by atoms with Gasteiger partial charge in [0, 0.05) is 30.7 Å². The SMILES string of the molecule is COc1ccc(CN(C(=O)C2=C(c3ccc(CCCOc4c(F)ccc(F)c4Cl)cc3)CC3CC(CNC(=O)Oc4cccc(CO[N+](=O)[O-])c4)CC2N3C(=O)Oc2cccc(CO[N+](=O)[O-])c2)C2CC2)cc1C. The fourth-order valence-electron chi connectivity index (χ4n) is 9.54. The molecule has 2 bridgehead atoms. The van der Waals surface area contributed by atoms with Crippen LogP contribution in [0.3, 0.4) is 0 Å². The Morgan fingerprint density at radius 3 is 2.09 bits per heavy atom. The molecule has 0 aromatic heterocycles. The van der Waals surface area contributed by atoms with E-state index in [0.717, 1.165) is 52.8 Å². The molecule has 8 rings (SSSR count). The van der Waals surface area contributed by atoms with Crippen LogP contribution in [-0.4, -0.2) is 76.5 Å². The highest BCUT2D eigenvalue weighted by Gasteiger charge is 2.49. The van der Waals surface area contributed by atoms with Gasteiger partial charge in [0.25, 0.3) is 16.1 Å². The van der Waals surface area contributed by atoms with Gasteiger partial charge in [-0.1, -0.05) is 72.3 Å². The summed E-state index contributed by atoms with van der Waals surface area (Å²) in [6, 6.07) is 26.1. The summed E-state index contributed by atoms with van der Waals surface area (Å²) in [6.07, 6.45) is 1.78. The summed E-state index contributed by atoms with van der Waals surface area (Å²) in [4.78, 5) is 77.8. The molecule has 3 unspecified atom stereocenters. The topological polar surface area (TPSA) is 211 Å². The largest absolute Gasteiger partial charge is 0.496 e. The molecule has 5 aromatic rings. The molecule has 0 spiro atoms. The Morgan fingerprint density at radius 2 is 1.46 bits per heavy atom. The first-order valence-corrected chi connectivity index (χ1v) is 24.2. The number of rotatable bonds is 21. The number of fused-ring (bicyclic) bond motifs is 2. The van der Waals surface area contributed by atoms with Crippen LogP contribution >= 0.6 is 11.6 Å². The molecule has 2 fully saturated rings. The minimum atomic E-state index is -0.921. The average molecular weight is 1040 g/mol. The van der Waals surface area contributed by atoms with E-state index in [1.54, 1.807) is 36.3 Å². The maximum atomic E-state index is 15.7. The third kappa shape index (κ3) is 13.1. The maximum Gasteiger partial charge on any atom is 0.416 e. The van der Waals surface area contributed by atoms with Crippen LogP contribution in [0.1, 0.15) is 71.9 Å². The summed E-state index contributed by atoms with van der Waals surface area (Å²) in [5, 5.41) is 22.3. The first-order chi connectivity index (χ1) is 35.6. The van der Waals surface area contributed by atoms with E-state index in [0.29, 0.717) is 41.7 Å². The van der Waals surface area contributed by atoms with Gasteiger partial charge in [0.2, 0.25) is 0 Å². The number of carbonyl (C=O) groups is 3. The molecule has 3 amide bonds. The van der Waals surface area contributed by atoms with Crippen LogP contribution < -0.4 is 24.3 Å². The first-order valence-electron chi connectivity index (χ1n) is 23.9. The van der Waals surface area contributed by atoms with Gasteiger partial charge in [-0.05, 0) is 139 Å². The Kier molecular flexibility index (Phi) is 16.8. The number of nitrogens with zero attached hydrogens (tertiary/aromatic N) is 4. The van der Waals surface area contributed by atoms with Crippen LogP contribution in [0.5, 0.6) is 23.0 Å². The van der Waals surface area contributed by atoms with Crippen molar-refractivity contribution in [3.8, 4) is 23.0 Å². The normalized spacial score (nSPS) is 16.9. The number of aryl methyl sites for hydroxylation is 2. The van der Waals surface area contributed by atoms with Crippen molar-refractivity contribution in [3.63, 3.8) is 0 Å². The van der Waals surface area contributed by atoms with E-state index in [-0.39, 0.29) is 80.9 Å².